The second-order valence-electron chi connectivity index (χ2n) is 6.02. The van der Waals surface area contributed by atoms with Crippen LogP contribution in [0, 0.1) is 0 Å². The number of nitrogens with two attached hydrogens (primary N) is 1. The van der Waals surface area contributed by atoms with Gasteiger partial charge in [-0.2, -0.15) is 0 Å². The third-order valence-corrected chi connectivity index (χ3v) is 6.64. The molecule has 1 saturated carbocycles. The Morgan fingerprint density at radius 2 is 1.83 bits per heavy atom. The average Bonchev–Trinajstić information content (AvgIpc) is 3.33. The van der Waals surface area contributed by atoms with Gasteiger partial charge in [-0.25, -0.2) is 12.7 Å². The zero-order chi connectivity index (χ0) is 15.7. The Balaban J connectivity index is 0.00000192. The van der Waals surface area contributed by atoms with Gasteiger partial charge in [0.1, 0.15) is 0 Å². The van der Waals surface area contributed by atoms with Gasteiger partial charge in [-0.15, -0.1) is 12.4 Å². The number of amides is 1. The van der Waals surface area contributed by atoms with Crippen LogP contribution in [0.15, 0.2) is 24.3 Å². The number of piperidine rings is 1. The van der Waals surface area contributed by atoms with Crippen LogP contribution in [0.25, 0.3) is 0 Å². The lowest BCUT2D eigenvalue weighted by Gasteiger charge is -2.31. The fraction of sp³-hybridized carbons (Fsp3) is 0.533. The summed E-state index contributed by atoms with van der Waals surface area (Å²) in [5, 5.41) is 2.80. The van der Waals surface area contributed by atoms with Gasteiger partial charge >= 0.3 is 0 Å². The number of carbonyl (C=O) groups excluding carboxylic acids is 1. The van der Waals surface area contributed by atoms with Gasteiger partial charge in [-0.1, -0.05) is 6.07 Å². The number of nitrogen functional groups attached to an aromatic ring is 1. The maximum absolute atomic E-state index is 12.2. The molecule has 2 aliphatic rings. The number of rotatable bonds is 4. The molecule has 2 fully saturated rings. The van der Waals surface area contributed by atoms with Gasteiger partial charge in [0, 0.05) is 30.4 Å². The Kier molecular flexibility index (Phi) is 5.54. The highest BCUT2D eigenvalue weighted by molar-refractivity contribution is 7.90. The highest BCUT2D eigenvalue weighted by atomic mass is 35.5. The van der Waals surface area contributed by atoms with Crippen LogP contribution in [0.1, 0.15) is 36.0 Å². The van der Waals surface area contributed by atoms with E-state index < -0.39 is 10.0 Å². The first-order valence-corrected chi connectivity index (χ1v) is 9.12. The molecule has 1 amide bonds. The Labute approximate surface area is 142 Å². The van der Waals surface area contributed by atoms with E-state index >= 15 is 0 Å². The van der Waals surface area contributed by atoms with Crippen LogP contribution in [-0.2, 0) is 10.0 Å². The van der Waals surface area contributed by atoms with Crippen LogP contribution in [0.4, 0.5) is 5.69 Å². The smallest absolute Gasteiger partial charge is 0.251 e. The predicted octanol–water partition coefficient (Wildman–Crippen LogP) is 1.38. The SMILES string of the molecule is Cl.Nc1cccc(C(=O)NC2CCN(S(=O)(=O)C3CC3)CC2)c1. The zero-order valence-corrected chi connectivity index (χ0v) is 14.4. The van der Waals surface area contributed by atoms with E-state index in [9.17, 15) is 13.2 Å². The first-order chi connectivity index (χ1) is 10.5. The first kappa shape index (κ1) is 18.0. The summed E-state index contributed by atoms with van der Waals surface area (Å²) in [6, 6.07) is 6.85. The topological polar surface area (TPSA) is 92.5 Å². The van der Waals surface area contributed by atoms with E-state index in [-0.39, 0.29) is 29.6 Å². The minimum Gasteiger partial charge on any atom is -0.399 e. The average molecular weight is 360 g/mol. The molecule has 23 heavy (non-hydrogen) atoms. The molecule has 1 aromatic carbocycles. The molecule has 8 heteroatoms. The van der Waals surface area contributed by atoms with Gasteiger partial charge in [0.05, 0.1) is 5.25 Å². The van der Waals surface area contributed by atoms with Gasteiger partial charge in [0.2, 0.25) is 10.0 Å². The minimum absolute atomic E-state index is 0. The fourth-order valence-electron chi connectivity index (χ4n) is 2.78. The lowest BCUT2D eigenvalue weighted by Crippen LogP contribution is -2.47. The molecule has 0 unspecified atom stereocenters. The fourth-order valence-corrected chi connectivity index (χ4v) is 4.65. The van der Waals surface area contributed by atoms with Crippen molar-refractivity contribution in [2.24, 2.45) is 0 Å². The summed E-state index contributed by atoms with van der Waals surface area (Å²) >= 11 is 0. The molecule has 6 nitrogen and oxygen atoms in total. The van der Waals surface area contributed by atoms with E-state index in [2.05, 4.69) is 5.32 Å². The summed E-state index contributed by atoms with van der Waals surface area (Å²) in [5.74, 6) is -0.157. The molecule has 0 bridgehead atoms. The molecule has 128 valence electrons. The molecule has 1 aliphatic heterocycles. The summed E-state index contributed by atoms with van der Waals surface area (Å²) in [7, 11) is -3.09. The third kappa shape index (κ3) is 4.16. The molecule has 0 spiro atoms. The summed E-state index contributed by atoms with van der Waals surface area (Å²) in [6.45, 7) is 0.974. The van der Waals surface area contributed by atoms with Crippen molar-refractivity contribution in [3.8, 4) is 0 Å². The van der Waals surface area contributed by atoms with Crippen molar-refractivity contribution in [3.63, 3.8) is 0 Å². The molecule has 1 heterocycles. The molecule has 1 aliphatic carbocycles. The highest BCUT2D eigenvalue weighted by Crippen LogP contribution is 2.32. The lowest BCUT2D eigenvalue weighted by atomic mass is 10.1. The Hall–Kier alpha value is -1.31. The summed E-state index contributed by atoms with van der Waals surface area (Å²) in [4.78, 5) is 12.2. The molecule has 3 N–H and O–H groups in total. The third-order valence-electron chi connectivity index (χ3n) is 4.24. The van der Waals surface area contributed by atoms with E-state index in [0.717, 1.165) is 12.8 Å². The van der Waals surface area contributed by atoms with Crippen LogP contribution in [0.3, 0.4) is 0 Å². The van der Waals surface area contributed by atoms with Crippen LogP contribution in [0.5, 0.6) is 0 Å². The van der Waals surface area contributed by atoms with E-state index in [1.54, 1.807) is 28.6 Å². The predicted molar refractivity (Wildman–Crippen MR) is 92.1 cm³/mol. The minimum atomic E-state index is -3.09. The monoisotopic (exact) mass is 359 g/mol. The second-order valence-corrected chi connectivity index (χ2v) is 8.23. The van der Waals surface area contributed by atoms with Crippen molar-refractivity contribution >= 4 is 34.0 Å². The maximum atomic E-state index is 12.2. The van der Waals surface area contributed by atoms with Crippen molar-refractivity contribution < 1.29 is 13.2 Å². The first-order valence-electron chi connectivity index (χ1n) is 7.62. The number of sulfonamides is 1. The number of carbonyl (C=O) groups is 1. The number of hydrogen-bond donors (Lipinski definition) is 2. The Morgan fingerprint density at radius 3 is 2.39 bits per heavy atom. The van der Waals surface area contributed by atoms with Gasteiger partial charge in [0.25, 0.3) is 5.91 Å². The maximum Gasteiger partial charge on any atom is 0.251 e. The van der Waals surface area contributed by atoms with Crippen LogP contribution >= 0.6 is 12.4 Å². The number of nitrogens with one attached hydrogen (secondary N) is 1. The van der Waals surface area contributed by atoms with Gasteiger partial charge in [0.15, 0.2) is 0 Å². The van der Waals surface area contributed by atoms with Crippen LogP contribution in [-0.4, -0.2) is 43.0 Å². The van der Waals surface area contributed by atoms with E-state index in [1.165, 1.54) is 0 Å². The molecule has 0 radical (unpaired) electrons. The summed E-state index contributed by atoms with van der Waals surface area (Å²) in [6.07, 6.45) is 2.88. The molecular weight excluding hydrogens is 338 g/mol. The largest absolute Gasteiger partial charge is 0.399 e. The van der Waals surface area contributed by atoms with Crippen molar-refractivity contribution in [2.45, 2.75) is 37.0 Å². The number of benzene rings is 1. The van der Waals surface area contributed by atoms with Gasteiger partial charge < -0.3 is 11.1 Å². The zero-order valence-electron chi connectivity index (χ0n) is 12.8. The van der Waals surface area contributed by atoms with Crippen molar-refractivity contribution in [1.82, 2.24) is 9.62 Å². The molecule has 1 saturated heterocycles. The normalized spacial score (nSPS) is 19.8. The standard InChI is InChI=1S/C15H21N3O3S.ClH/c16-12-3-1-2-11(10-12)15(19)17-13-6-8-18(9-7-13)22(20,21)14-4-5-14;/h1-3,10,13-14H,4-9,16H2,(H,17,19);1H. The van der Waals surface area contributed by atoms with Crippen molar-refractivity contribution in [3.05, 3.63) is 29.8 Å². The molecular formula is C15H22ClN3O3S. The van der Waals surface area contributed by atoms with Gasteiger partial charge in [-0.3, -0.25) is 4.79 Å². The quantitative estimate of drug-likeness (QED) is 0.794. The molecule has 0 aromatic heterocycles. The van der Waals surface area contributed by atoms with Gasteiger partial charge in [-0.05, 0) is 43.9 Å². The Morgan fingerprint density at radius 1 is 1.17 bits per heavy atom. The number of nitrogens with zero attached hydrogens (tertiary/aromatic N) is 1. The van der Waals surface area contributed by atoms with Crippen LogP contribution < -0.4 is 11.1 Å². The van der Waals surface area contributed by atoms with Crippen molar-refractivity contribution in [2.75, 3.05) is 18.8 Å². The summed E-state index contributed by atoms with van der Waals surface area (Å²) in [5.41, 5.74) is 6.77. The van der Waals surface area contributed by atoms with Crippen LogP contribution in [0.2, 0.25) is 0 Å². The van der Waals surface area contributed by atoms with E-state index in [4.69, 9.17) is 5.73 Å². The Bertz CT molecular complexity index is 668. The molecule has 1 aromatic rings. The number of hydrogen-bond acceptors (Lipinski definition) is 4. The lowest BCUT2D eigenvalue weighted by molar-refractivity contribution is 0.0924. The summed E-state index contributed by atoms with van der Waals surface area (Å²) < 4.78 is 25.9. The van der Waals surface area contributed by atoms with E-state index in [1.807, 2.05) is 0 Å². The van der Waals surface area contributed by atoms with Crippen molar-refractivity contribution in [1.29, 1.82) is 0 Å². The number of halogens is 1. The highest BCUT2D eigenvalue weighted by Gasteiger charge is 2.41. The molecule has 3 rings (SSSR count). The van der Waals surface area contributed by atoms with E-state index in [0.29, 0.717) is 37.2 Å². The number of anilines is 1. The molecule has 0 atom stereocenters. The second kappa shape index (κ2) is 7.07.